The van der Waals surface area contributed by atoms with Crippen molar-refractivity contribution in [2.75, 3.05) is 6.54 Å². The summed E-state index contributed by atoms with van der Waals surface area (Å²) in [6.45, 7) is 4.50. The van der Waals surface area contributed by atoms with Crippen LogP contribution >= 0.6 is 0 Å². The Labute approximate surface area is 95.8 Å². The Kier molecular flexibility index (Phi) is 4.58. The lowest BCUT2D eigenvalue weighted by Gasteiger charge is -2.24. The molecule has 2 N–H and O–H groups in total. The molecule has 1 fully saturated rings. The van der Waals surface area contributed by atoms with Crippen molar-refractivity contribution in [3.8, 4) is 0 Å². The van der Waals surface area contributed by atoms with Gasteiger partial charge < -0.3 is 15.3 Å². The van der Waals surface area contributed by atoms with Crippen LogP contribution in [0.5, 0.6) is 0 Å². The van der Waals surface area contributed by atoms with Gasteiger partial charge in [0.25, 0.3) is 0 Å². The third kappa shape index (κ3) is 3.72. The Bertz CT molecular complexity index is 264. The second kappa shape index (κ2) is 5.72. The quantitative estimate of drug-likeness (QED) is 0.722. The lowest BCUT2D eigenvalue weighted by atomic mass is 10.1. The van der Waals surface area contributed by atoms with E-state index in [0.29, 0.717) is 19.0 Å². The second-order valence-corrected chi connectivity index (χ2v) is 4.17. The van der Waals surface area contributed by atoms with E-state index in [2.05, 4.69) is 5.32 Å². The van der Waals surface area contributed by atoms with Crippen LogP contribution in [-0.4, -0.2) is 40.6 Å². The number of urea groups is 1. The second-order valence-electron chi connectivity index (χ2n) is 4.17. The summed E-state index contributed by atoms with van der Waals surface area (Å²) in [5.74, 6) is -0.873. The first-order valence-corrected chi connectivity index (χ1v) is 5.87. The molecule has 1 aliphatic rings. The van der Waals surface area contributed by atoms with Crippen LogP contribution in [0.4, 0.5) is 4.79 Å². The summed E-state index contributed by atoms with van der Waals surface area (Å²) in [5.41, 5.74) is 0. The van der Waals surface area contributed by atoms with Crippen molar-refractivity contribution < 1.29 is 14.7 Å². The Balaban J connectivity index is 2.43. The summed E-state index contributed by atoms with van der Waals surface area (Å²) < 4.78 is 0. The Morgan fingerprint density at radius 1 is 1.44 bits per heavy atom. The summed E-state index contributed by atoms with van der Waals surface area (Å²) in [5, 5.41) is 11.5. The molecule has 1 aliphatic carbocycles. The smallest absolute Gasteiger partial charge is 0.317 e. The molecule has 0 aromatic rings. The molecule has 0 radical (unpaired) electrons. The number of hydrogen-bond acceptors (Lipinski definition) is 2. The first-order valence-electron chi connectivity index (χ1n) is 5.87. The number of nitrogens with one attached hydrogen (secondary N) is 1. The lowest BCUT2D eigenvalue weighted by Crippen LogP contribution is -2.46. The SMILES string of the molecule is CCC(CC(=O)O)NC(=O)N(CC)C1CC1. The number of carboxylic acids is 1. The van der Waals surface area contributed by atoms with E-state index in [1.807, 2.05) is 13.8 Å². The highest BCUT2D eigenvalue weighted by Gasteiger charge is 2.32. The zero-order chi connectivity index (χ0) is 12.1. The zero-order valence-electron chi connectivity index (χ0n) is 9.90. The Morgan fingerprint density at radius 2 is 2.06 bits per heavy atom. The minimum Gasteiger partial charge on any atom is -0.481 e. The van der Waals surface area contributed by atoms with Gasteiger partial charge in [0.15, 0.2) is 0 Å². The predicted molar refractivity (Wildman–Crippen MR) is 60.3 cm³/mol. The van der Waals surface area contributed by atoms with E-state index in [9.17, 15) is 9.59 Å². The number of carbonyl (C=O) groups excluding carboxylic acids is 1. The standard InChI is InChI=1S/C11H20N2O3/c1-3-8(7-10(14)15)12-11(16)13(4-2)9-5-6-9/h8-9H,3-7H2,1-2H3,(H,12,16)(H,14,15). The molecule has 0 aromatic heterocycles. The average molecular weight is 228 g/mol. The topological polar surface area (TPSA) is 69.6 Å². The number of aliphatic carboxylic acids is 1. The highest BCUT2D eigenvalue weighted by atomic mass is 16.4. The highest BCUT2D eigenvalue weighted by molar-refractivity contribution is 5.76. The first kappa shape index (κ1) is 12.8. The number of amides is 2. The van der Waals surface area contributed by atoms with Gasteiger partial charge in [0, 0.05) is 18.6 Å². The van der Waals surface area contributed by atoms with Gasteiger partial charge in [-0.15, -0.1) is 0 Å². The minimum absolute atomic E-state index is 0.00946. The van der Waals surface area contributed by atoms with Crippen LogP contribution in [0.2, 0.25) is 0 Å². The molecule has 1 saturated carbocycles. The van der Waals surface area contributed by atoms with E-state index in [4.69, 9.17) is 5.11 Å². The fraction of sp³-hybridized carbons (Fsp3) is 0.818. The molecule has 1 atom stereocenters. The van der Waals surface area contributed by atoms with E-state index in [1.54, 1.807) is 4.90 Å². The Hall–Kier alpha value is -1.26. The molecule has 0 aliphatic heterocycles. The normalized spacial score (nSPS) is 16.6. The summed E-state index contributed by atoms with van der Waals surface area (Å²) in [6.07, 6.45) is 2.76. The lowest BCUT2D eigenvalue weighted by molar-refractivity contribution is -0.137. The van der Waals surface area contributed by atoms with Crippen molar-refractivity contribution in [3.05, 3.63) is 0 Å². The fourth-order valence-corrected chi connectivity index (χ4v) is 1.72. The molecular formula is C11H20N2O3. The highest BCUT2D eigenvalue weighted by Crippen LogP contribution is 2.26. The van der Waals surface area contributed by atoms with E-state index < -0.39 is 5.97 Å². The molecule has 2 amide bonds. The Morgan fingerprint density at radius 3 is 2.44 bits per heavy atom. The third-order valence-electron chi connectivity index (χ3n) is 2.83. The number of nitrogens with zero attached hydrogens (tertiary/aromatic N) is 1. The zero-order valence-corrected chi connectivity index (χ0v) is 9.90. The van der Waals surface area contributed by atoms with Gasteiger partial charge >= 0.3 is 12.0 Å². The fourth-order valence-electron chi connectivity index (χ4n) is 1.72. The van der Waals surface area contributed by atoms with Crippen molar-refractivity contribution in [1.29, 1.82) is 0 Å². The molecule has 0 spiro atoms. The summed E-state index contributed by atoms with van der Waals surface area (Å²) >= 11 is 0. The summed E-state index contributed by atoms with van der Waals surface area (Å²) in [6, 6.07) is -0.0248. The van der Waals surface area contributed by atoms with Crippen LogP contribution in [-0.2, 0) is 4.79 Å². The monoisotopic (exact) mass is 228 g/mol. The van der Waals surface area contributed by atoms with Crippen molar-refractivity contribution in [2.24, 2.45) is 0 Å². The van der Waals surface area contributed by atoms with Gasteiger partial charge in [-0.05, 0) is 26.2 Å². The molecule has 5 heteroatoms. The van der Waals surface area contributed by atoms with Crippen LogP contribution < -0.4 is 5.32 Å². The summed E-state index contributed by atoms with van der Waals surface area (Å²) in [7, 11) is 0. The maximum absolute atomic E-state index is 11.8. The molecule has 5 nitrogen and oxygen atoms in total. The van der Waals surface area contributed by atoms with E-state index in [0.717, 1.165) is 12.8 Å². The molecule has 16 heavy (non-hydrogen) atoms. The molecular weight excluding hydrogens is 208 g/mol. The van der Waals surface area contributed by atoms with Crippen LogP contribution in [0.1, 0.15) is 39.5 Å². The van der Waals surface area contributed by atoms with E-state index in [1.165, 1.54) is 0 Å². The van der Waals surface area contributed by atoms with Gasteiger partial charge in [-0.1, -0.05) is 6.92 Å². The first-order chi connectivity index (χ1) is 7.58. The van der Waals surface area contributed by atoms with Crippen molar-refractivity contribution in [1.82, 2.24) is 10.2 Å². The van der Waals surface area contributed by atoms with Gasteiger partial charge in [0.05, 0.1) is 6.42 Å². The van der Waals surface area contributed by atoms with Crippen molar-refractivity contribution in [3.63, 3.8) is 0 Å². The van der Waals surface area contributed by atoms with Gasteiger partial charge in [0.1, 0.15) is 0 Å². The molecule has 1 rings (SSSR count). The van der Waals surface area contributed by atoms with Crippen LogP contribution in [0.15, 0.2) is 0 Å². The van der Waals surface area contributed by atoms with Crippen molar-refractivity contribution in [2.45, 2.75) is 51.6 Å². The van der Waals surface area contributed by atoms with Crippen LogP contribution in [0.25, 0.3) is 0 Å². The van der Waals surface area contributed by atoms with E-state index in [-0.39, 0.29) is 18.5 Å². The van der Waals surface area contributed by atoms with Gasteiger partial charge in [-0.3, -0.25) is 4.79 Å². The van der Waals surface area contributed by atoms with Gasteiger partial charge in [-0.2, -0.15) is 0 Å². The molecule has 1 unspecified atom stereocenters. The summed E-state index contributed by atoms with van der Waals surface area (Å²) in [4.78, 5) is 24.2. The average Bonchev–Trinajstić information content (AvgIpc) is 3.01. The minimum atomic E-state index is -0.873. The number of carbonyl (C=O) groups is 2. The van der Waals surface area contributed by atoms with Gasteiger partial charge in [-0.25, -0.2) is 4.79 Å². The van der Waals surface area contributed by atoms with E-state index >= 15 is 0 Å². The molecule has 0 saturated heterocycles. The van der Waals surface area contributed by atoms with Crippen LogP contribution in [0, 0.1) is 0 Å². The maximum atomic E-state index is 11.8. The van der Waals surface area contributed by atoms with Crippen molar-refractivity contribution >= 4 is 12.0 Å². The number of hydrogen-bond donors (Lipinski definition) is 2. The molecule has 0 aromatic carbocycles. The largest absolute Gasteiger partial charge is 0.481 e. The van der Waals surface area contributed by atoms with Gasteiger partial charge in [0.2, 0.25) is 0 Å². The number of carboxylic acid groups (broad SMARTS) is 1. The molecule has 92 valence electrons. The number of rotatable bonds is 6. The van der Waals surface area contributed by atoms with Crippen LogP contribution in [0.3, 0.4) is 0 Å². The molecule has 0 bridgehead atoms. The predicted octanol–water partition coefficient (Wildman–Crippen LogP) is 1.43. The molecule has 0 heterocycles. The maximum Gasteiger partial charge on any atom is 0.317 e. The third-order valence-corrected chi connectivity index (χ3v) is 2.83.